The molecule has 2 aromatic rings. The van der Waals surface area contributed by atoms with Gasteiger partial charge in [-0.05, 0) is 54.8 Å². The second-order valence-electron chi connectivity index (χ2n) is 8.27. The molecule has 1 fully saturated rings. The molecule has 37 heavy (non-hydrogen) atoms. The maximum atomic E-state index is 13.4. The first-order chi connectivity index (χ1) is 17.8. The van der Waals surface area contributed by atoms with Crippen molar-refractivity contribution in [3.8, 4) is 17.2 Å². The van der Waals surface area contributed by atoms with Gasteiger partial charge in [0.2, 0.25) is 11.8 Å². The average Bonchev–Trinajstić information content (AvgIpc) is 3.19. The number of rotatable bonds is 12. The third kappa shape index (κ3) is 6.66. The molecule has 1 unspecified atom stereocenters. The number of methoxy groups -OCH3 is 2. The molecule has 1 aliphatic rings. The molecular formula is C27H30N2O8. The van der Waals surface area contributed by atoms with Gasteiger partial charge in [0, 0.05) is 18.7 Å². The lowest BCUT2D eigenvalue weighted by atomic mass is 10.1. The van der Waals surface area contributed by atoms with Crippen LogP contribution in [-0.2, 0) is 25.6 Å². The van der Waals surface area contributed by atoms with Crippen molar-refractivity contribution in [3.63, 3.8) is 0 Å². The first-order valence-electron chi connectivity index (χ1n) is 11.8. The summed E-state index contributed by atoms with van der Waals surface area (Å²) in [6, 6.07) is 10.8. The zero-order valence-electron chi connectivity index (χ0n) is 21.0. The number of hydrogen-bond donors (Lipinski definition) is 1. The van der Waals surface area contributed by atoms with Crippen LogP contribution in [0.1, 0.15) is 25.3 Å². The number of carbonyl (C=O) groups is 4. The normalized spacial score (nSPS) is 15.2. The van der Waals surface area contributed by atoms with E-state index in [0.29, 0.717) is 42.0 Å². The highest BCUT2D eigenvalue weighted by atomic mass is 16.5. The molecule has 1 N–H and O–H groups in total. The van der Waals surface area contributed by atoms with Gasteiger partial charge in [0.05, 0.1) is 32.9 Å². The summed E-state index contributed by atoms with van der Waals surface area (Å²) in [7, 11) is 3.03. The monoisotopic (exact) mass is 510 g/mol. The summed E-state index contributed by atoms with van der Waals surface area (Å²) >= 11 is 0. The van der Waals surface area contributed by atoms with Crippen LogP contribution in [0.3, 0.4) is 0 Å². The number of carbonyl (C=O) groups excluding carboxylic acids is 3. The molecule has 0 aliphatic carbocycles. The zero-order valence-corrected chi connectivity index (χ0v) is 21.0. The Balaban J connectivity index is 1.83. The number of benzene rings is 2. The summed E-state index contributed by atoms with van der Waals surface area (Å²) in [6.07, 6.45) is 2.55. The zero-order chi connectivity index (χ0) is 26.9. The van der Waals surface area contributed by atoms with Crippen LogP contribution in [0.15, 0.2) is 54.6 Å². The highest BCUT2D eigenvalue weighted by molar-refractivity contribution is 6.23. The molecule has 1 aliphatic heterocycles. The Morgan fingerprint density at radius 2 is 1.76 bits per heavy atom. The van der Waals surface area contributed by atoms with E-state index in [0.717, 1.165) is 23.0 Å². The van der Waals surface area contributed by atoms with Crippen molar-refractivity contribution >= 4 is 29.4 Å². The maximum absolute atomic E-state index is 13.4. The Bertz CT molecular complexity index is 1180. The Labute approximate surface area is 215 Å². The summed E-state index contributed by atoms with van der Waals surface area (Å²) in [5.74, 6) is -1.32. The molecule has 10 nitrogen and oxygen atoms in total. The molecule has 196 valence electrons. The van der Waals surface area contributed by atoms with Gasteiger partial charge in [-0.3, -0.25) is 14.4 Å². The van der Waals surface area contributed by atoms with E-state index < -0.39 is 29.7 Å². The van der Waals surface area contributed by atoms with Crippen LogP contribution in [0.4, 0.5) is 5.69 Å². The predicted molar refractivity (Wildman–Crippen MR) is 135 cm³/mol. The number of imide groups is 1. The largest absolute Gasteiger partial charge is 0.494 e. The minimum Gasteiger partial charge on any atom is -0.494 e. The van der Waals surface area contributed by atoms with Gasteiger partial charge in [-0.2, -0.15) is 0 Å². The van der Waals surface area contributed by atoms with E-state index in [2.05, 4.69) is 0 Å². The van der Waals surface area contributed by atoms with Crippen LogP contribution >= 0.6 is 0 Å². The van der Waals surface area contributed by atoms with Crippen molar-refractivity contribution in [2.45, 2.75) is 32.2 Å². The van der Waals surface area contributed by atoms with Crippen molar-refractivity contribution < 1.29 is 38.5 Å². The van der Waals surface area contributed by atoms with Crippen LogP contribution < -0.4 is 19.1 Å². The minimum atomic E-state index is -1.30. The molecular weight excluding hydrogens is 480 g/mol. The van der Waals surface area contributed by atoms with Gasteiger partial charge in [0.15, 0.2) is 11.5 Å². The van der Waals surface area contributed by atoms with Crippen LogP contribution in [0.25, 0.3) is 0 Å². The van der Waals surface area contributed by atoms with Crippen molar-refractivity contribution in [1.29, 1.82) is 0 Å². The quantitative estimate of drug-likeness (QED) is 0.342. The molecule has 1 heterocycles. The molecule has 0 aromatic heterocycles. The molecule has 0 bridgehead atoms. The first kappa shape index (κ1) is 27.3. The SMILES string of the molecule is CCCOc1ccc(N2C(=O)CC(N(CCc3ccc(OC)c(OC)c3)C(=O)/C=C/C(=O)O)C2=O)cc1. The number of carboxylic acid groups (broad SMARTS) is 1. The number of amides is 3. The summed E-state index contributed by atoms with van der Waals surface area (Å²) in [5, 5.41) is 8.96. The number of ether oxygens (including phenoxy) is 3. The van der Waals surface area contributed by atoms with Gasteiger partial charge >= 0.3 is 5.97 Å². The third-order valence-corrected chi connectivity index (χ3v) is 5.81. The fraction of sp³-hybridized carbons (Fsp3) is 0.333. The Kier molecular flexibility index (Phi) is 9.26. The predicted octanol–water partition coefficient (Wildman–Crippen LogP) is 2.84. The second-order valence-corrected chi connectivity index (χ2v) is 8.27. The summed E-state index contributed by atoms with van der Waals surface area (Å²) in [6.45, 7) is 2.60. The lowest BCUT2D eigenvalue weighted by Gasteiger charge is -2.27. The van der Waals surface area contributed by atoms with Gasteiger partial charge in [-0.15, -0.1) is 0 Å². The van der Waals surface area contributed by atoms with E-state index in [-0.39, 0.29) is 13.0 Å². The van der Waals surface area contributed by atoms with Crippen LogP contribution in [0, 0.1) is 0 Å². The number of nitrogens with zero attached hydrogens (tertiary/aromatic N) is 2. The summed E-state index contributed by atoms with van der Waals surface area (Å²) in [5.41, 5.74) is 1.17. The third-order valence-electron chi connectivity index (χ3n) is 5.81. The molecule has 0 radical (unpaired) electrons. The lowest BCUT2D eigenvalue weighted by Crippen LogP contribution is -2.46. The Hall–Kier alpha value is -4.34. The minimum absolute atomic E-state index is 0.0690. The summed E-state index contributed by atoms with van der Waals surface area (Å²) < 4.78 is 16.1. The summed E-state index contributed by atoms with van der Waals surface area (Å²) in [4.78, 5) is 52.4. The average molecular weight is 511 g/mol. The standard InChI is InChI=1S/C27H30N2O8/c1-4-15-37-20-8-6-19(7-9-20)29-25(31)17-21(27(29)34)28(24(30)11-12-26(32)33)14-13-18-5-10-22(35-2)23(16-18)36-3/h5-12,16,21H,4,13-15,17H2,1-3H3,(H,32,33)/b12-11+. The van der Waals surface area contributed by atoms with Crippen LogP contribution in [0.2, 0.25) is 0 Å². The van der Waals surface area contributed by atoms with Gasteiger partial charge in [0.1, 0.15) is 11.8 Å². The number of carboxylic acids is 1. The van der Waals surface area contributed by atoms with Gasteiger partial charge in [-0.1, -0.05) is 13.0 Å². The van der Waals surface area contributed by atoms with E-state index in [1.165, 1.54) is 19.1 Å². The van der Waals surface area contributed by atoms with E-state index in [9.17, 15) is 19.2 Å². The van der Waals surface area contributed by atoms with Crippen molar-refractivity contribution in [2.75, 3.05) is 32.3 Å². The first-order valence-corrected chi connectivity index (χ1v) is 11.8. The van der Waals surface area contributed by atoms with Gasteiger partial charge in [-0.25, -0.2) is 9.69 Å². The molecule has 1 atom stereocenters. The second kappa shape index (κ2) is 12.6. The van der Waals surface area contributed by atoms with Crippen molar-refractivity contribution in [1.82, 2.24) is 4.90 Å². The fourth-order valence-electron chi connectivity index (χ4n) is 3.99. The Morgan fingerprint density at radius 1 is 1.05 bits per heavy atom. The van der Waals surface area contributed by atoms with Crippen molar-refractivity contribution in [3.05, 3.63) is 60.2 Å². The van der Waals surface area contributed by atoms with Crippen LogP contribution in [-0.4, -0.2) is 67.1 Å². The Morgan fingerprint density at radius 3 is 2.38 bits per heavy atom. The van der Waals surface area contributed by atoms with Gasteiger partial charge in [0.25, 0.3) is 5.91 Å². The highest BCUT2D eigenvalue weighted by Crippen LogP contribution is 2.30. The van der Waals surface area contributed by atoms with E-state index in [1.807, 2.05) is 6.92 Å². The highest BCUT2D eigenvalue weighted by Gasteiger charge is 2.44. The number of aliphatic carboxylic acids is 1. The van der Waals surface area contributed by atoms with Crippen LogP contribution in [0.5, 0.6) is 17.2 Å². The fourth-order valence-corrected chi connectivity index (χ4v) is 3.99. The number of anilines is 1. The molecule has 2 aromatic carbocycles. The molecule has 10 heteroatoms. The molecule has 0 saturated carbocycles. The molecule has 3 rings (SSSR count). The smallest absolute Gasteiger partial charge is 0.328 e. The lowest BCUT2D eigenvalue weighted by molar-refractivity contribution is -0.135. The topological polar surface area (TPSA) is 123 Å². The maximum Gasteiger partial charge on any atom is 0.328 e. The molecule has 0 spiro atoms. The van der Waals surface area contributed by atoms with Crippen molar-refractivity contribution in [2.24, 2.45) is 0 Å². The van der Waals surface area contributed by atoms with Gasteiger partial charge < -0.3 is 24.2 Å². The van der Waals surface area contributed by atoms with E-state index in [4.69, 9.17) is 19.3 Å². The number of hydrogen-bond acceptors (Lipinski definition) is 7. The molecule has 1 saturated heterocycles. The van der Waals surface area contributed by atoms with E-state index in [1.54, 1.807) is 42.5 Å². The molecule has 3 amide bonds. The van der Waals surface area contributed by atoms with E-state index >= 15 is 0 Å².